The fraction of sp³-hybridized carbons (Fsp3) is 0.357. The van der Waals surface area contributed by atoms with E-state index in [4.69, 9.17) is 0 Å². The molecule has 0 radical (unpaired) electrons. The second-order valence-electron chi connectivity index (χ2n) is 5.48. The Hall–Kier alpha value is -1.82. The standard InChI is InChI=1S/C14H17N3O2S/c1-14(7-10-20(18,19)11-14)16-13-15-8-9-17(13)12-5-3-2-4-6-12/h2-6,8-9H,7,10-11H2,1H3,(H,15,16). The molecule has 0 saturated carbocycles. The number of hydrogen-bond donors (Lipinski definition) is 1. The number of hydrogen-bond acceptors (Lipinski definition) is 4. The first kappa shape index (κ1) is 13.2. The van der Waals surface area contributed by atoms with Gasteiger partial charge in [-0.15, -0.1) is 0 Å². The van der Waals surface area contributed by atoms with Gasteiger partial charge in [0.05, 0.1) is 17.0 Å². The van der Waals surface area contributed by atoms with Gasteiger partial charge in [-0.3, -0.25) is 4.57 Å². The van der Waals surface area contributed by atoms with Crippen LogP contribution in [-0.4, -0.2) is 35.0 Å². The number of aromatic nitrogens is 2. The minimum Gasteiger partial charge on any atom is -0.349 e. The lowest BCUT2D eigenvalue weighted by molar-refractivity contribution is 0.568. The van der Waals surface area contributed by atoms with E-state index in [-0.39, 0.29) is 11.5 Å². The zero-order valence-corrected chi connectivity index (χ0v) is 12.1. The summed E-state index contributed by atoms with van der Waals surface area (Å²) in [6.07, 6.45) is 4.18. The summed E-state index contributed by atoms with van der Waals surface area (Å²) in [7, 11) is -2.93. The lowest BCUT2D eigenvalue weighted by atomic mass is 10.0. The SMILES string of the molecule is CC1(Nc2nccn2-c2ccccc2)CCS(=O)(=O)C1. The molecule has 0 bridgehead atoms. The van der Waals surface area contributed by atoms with E-state index in [1.807, 2.05) is 48.0 Å². The van der Waals surface area contributed by atoms with Gasteiger partial charge in [-0.25, -0.2) is 13.4 Å². The highest BCUT2D eigenvalue weighted by atomic mass is 32.2. The van der Waals surface area contributed by atoms with E-state index in [1.54, 1.807) is 6.20 Å². The molecule has 1 saturated heterocycles. The van der Waals surface area contributed by atoms with Crippen LogP contribution in [0.4, 0.5) is 5.95 Å². The van der Waals surface area contributed by atoms with Crippen LogP contribution in [0.3, 0.4) is 0 Å². The second kappa shape index (κ2) is 4.63. The first-order valence-corrected chi connectivity index (χ1v) is 8.37. The summed E-state index contributed by atoms with van der Waals surface area (Å²) in [5, 5.41) is 3.29. The number of anilines is 1. The number of sulfone groups is 1. The third-order valence-corrected chi connectivity index (χ3v) is 5.50. The van der Waals surface area contributed by atoms with E-state index in [2.05, 4.69) is 10.3 Å². The molecule has 2 heterocycles. The highest BCUT2D eigenvalue weighted by Crippen LogP contribution is 2.27. The van der Waals surface area contributed by atoms with Crippen molar-refractivity contribution < 1.29 is 8.42 Å². The molecule has 20 heavy (non-hydrogen) atoms. The molecule has 1 unspecified atom stereocenters. The number of benzene rings is 1. The Balaban J connectivity index is 1.89. The second-order valence-corrected chi connectivity index (χ2v) is 7.67. The minimum atomic E-state index is -2.93. The number of nitrogens with one attached hydrogen (secondary N) is 1. The van der Waals surface area contributed by atoms with E-state index in [0.717, 1.165) is 5.69 Å². The molecule has 0 aliphatic carbocycles. The molecule has 0 amide bonds. The average Bonchev–Trinajstić information content (AvgIpc) is 2.95. The Kier molecular flexibility index (Phi) is 3.05. The molecule has 6 heteroatoms. The molecule has 5 nitrogen and oxygen atoms in total. The van der Waals surface area contributed by atoms with Gasteiger partial charge in [0.25, 0.3) is 0 Å². The normalized spacial score (nSPS) is 24.6. The Morgan fingerprint density at radius 3 is 2.70 bits per heavy atom. The van der Waals surface area contributed by atoms with Crippen molar-refractivity contribution in [1.29, 1.82) is 0 Å². The van der Waals surface area contributed by atoms with Crippen LogP contribution in [0.25, 0.3) is 5.69 Å². The highest BCUT2D eigenvalue weighted by Gasteiger charge is 2.39. The van der Waals surface area contributed by atoms with Gasteiger partial charge in [0, 0.05) is 18.1 Å². The van der Waals surface area contributed by atoms with Crippen LogP contribution in [-0.2, 0) is 9.84 Å². The van der Waals surface area contributed by atoms with Crippen molar-refractivity contribution in [3.05, 3.63) is 42.7 Å². The zero-order valence-electron chi connectivity index (χ0n) is 11.3. The number of para-hydroxylation sites is 1. The van der Waals surface area contributed by atoms with Crippen molar-refractivity contribution in [2.75, 3.05) is 16.8 Å². The van der Waals surface area contributed by atoms with Gasteiger partial charge in [-0.2, -0.15) is 0 Å². The lowest BCUT2D eigenvalue weighted by Gasteiger charge is -2.25. The third-order valence-electron chi connectivity index (χ3n) is 3.59. The predicted molar refractivity (Wildman–Crippen MR) is 78.9 cm³/mol. The fourth-order valence-electron chi connectivity index (χ4n) is 2.57. The quantitative estimate of drug-likeness (QED) is 0.937. The van der Waals surface area contributed by atoms with E-state index < -0.39 is 15.4 Å². The fourth-order valence-corrected chi connectivity index (χ4v) is 4.66. The van der Waals surface area contributed by atoms with Crippen LogP contribution in [0.1, 0.15) is 13.3 Å². The van der Waals surface area contributed by atoms with Gasteiger partial charge in [-0.1, -0.05) is 18.2 Å². The van der Waals surface area contributed by atoms with Crippen LogP contribution in [0.15, 0.2) is 42.7 Å². The van der Waals surface area contributed by atoms with Crippen LogP contribution < -0.4 is 5.32 Å². The summed E-state index contributed by atoms with van der Waals surface area (Å²) < 4.78 is 25.3. The molecular formula is C14H17N3O2S. The maximum atomic E-state index is 11.7. The average molecular weight is 291 g/mol. The van der Waals surface area contributed by atoms with Gasteiger partial charge in [0.1, 0.15) is 0 Å². The Morgan fingerprint density at radius 2 is 2.05 bits per heavy atom. The van der Waals surface area contributed by atoms with Crippen molar-refractivity contribution >= 4 is 15.8 Å². The highest BCUT2D eigenvalue weighted by molar-refractivity contribution is 7.91. The number of nitrogens with zero attached hydrogens (tertiary/aromatic N) is 2. The molecule has 3 rings (SSSR count). The lowest BCUT2D eigenvalue weighted by Crippen LogP contribution is -2.37. The molecule has 1 aromatic carbocycles. The molecule has 1 fully saturated rings. The van der Waals surface area contributed by atoms with Crippen molar-refractivity contribution in [2.45, 2.75) is 18.9 Å². The Morgan fingerprint density at radius 1 is 1.30 bits per heavy atom. The van der Waals surface area contributed by atoms with Crippen LogP contribution >= 0.6 is 0 Å². The molecule has 1 N–H and O–H groups in total. The molecule has 1 aliphatic rings. The molecular weight excluding hydrogens is 274 g/mol. The summed E-state index contributed by atoms with van der Waals surface area (Å²) in [6.45, 7) is 1.93. The maximum Gasteiger partial charge on any atom is 0.207 e. The van der Waals surface area contributed by atoms with E-state index in [1.165, 1.54) is 0 Å². The zero-order chi connectivity index (χ0) is 14.2. The van der Waals surface area contributed by atoms with E-state index in [9.17, 15) is 8.42 Å². The smallest absolute Gasteiger partial charge is 0.207 e. The summed E-state index contributed by atoms with van der Waals surface area (Å²) >= 11 is 0. The topological polar surface area (TPSA) is 64.0 Å². The van der Waals surface area contributed by atoms with Crippen LogP contribution in [0.2, 0.25) is 0 Å². The van der Waals surface area contributed by atoms with Gasteiger partial charge in [-0.05, 0) is 25.5 Å². The number of rotatable bonds is 3. The van der Waals surface area contributed by atoms with Crippen molar-refractivity contribution in [3.8, 4) is 5.69 Å². The molecule has 1 atom stereocenters. The molecule has 1 aliphatic heterocycles. The molecule has 106 valence electrons. The summed E-state index contributed by atoms with van der Waals surface area (Å²) in [5.41, 5.74) is 0.549. The van der Waals surface area contributed by atoms with Crippen LogP contribution in [0.5, 0.6) is 0 Å². The van der Waals surface area contributed by atoms with Gasteiger partial charge < -0.3 is 5.32 Å². The largest absolute Gasteiger partial charge is 0.349 e. The predicted octanol–water partition coefficient (Wildman–Crippen LogP) is 1.86. The Labute approximate surface area is 118 Å². The van der Waals surface area contributed by atoms with Crippen LogP contribution in [0, 0.1) is 0 Å². The molecule has 1 aromatic heterocycles. The number of imidazole rings is 1. The Bertz CT molecular complexity index is 709. The van der Waals surface area contributed by atoms with E-state index in [0.29, 0.717) is 12.4 Å². The molecule has 0 spiro atoms. The monoisotopic (exact) mass is 291 g/mol. The first-order chi connectivity index (χ1) is 9.48. The van der Waals surface area contributed by atoms with Gasteiger partial charge >= 0.3 is 0 Å². The van der Waals surface area contributed by atoms with Gasteiger partial charge in [0.2, 0.25) is 5.95 Å². The summed E-state index contributed by atoms with van der Waals surface area (Å²) in [6, 6.07) is 9.85. The van der Waals surface area contributed by atoms with E-state index >= 15 is 0 Å². The van der Waals surface area contributed by atoms with Crippen molar-refractivity contribution in [1.82, 2.24) is 9.55 Å². The van der Waals surface area contributed by atoms with Crippen molar-refractivity contribution in [3.63, 3.8) is 0 Å². The maximum absolute atomic E-state index is 11.7. The summed E-state index contributed by atoms with van der Waals surface area (Å²) in [5.74, 6) is 1.07. The van der Waals surface area contributed by atoms with Gasteiger partial charge in [0.15, 0.2) is 9.84 Å². The minimum absolute atomic E-state index is 0.154. The van der Waals surface area contributed by atoms with Crippen molar-refractivity contribution in [2.24, 2.45) is 0 Å². The molecule has 2 aromatic rings. The first-order valence-electron chi connectivity index (χ1n) is 6.55. The third kappa shape index (κ3) is 2.56. The summed E-state index contributed by atoms with van der Waals surface area (Å²) in [4.78, 5) is 4.31.